The summed E-state index contributed by atoms with van der Waals surface area (Å²) in [4.78, 5) is 29.8. The van der Waals surface area contributed by atoms with Crippen LogP contribution in [-0.2, 0) is 20.1 Å². The topological polar surface area (TPSA) is 89.2 Å². The largest absolute Gasteiger partial charge is 0.396 e. The van der Waals surface area contributed by atoms with Gasteiger partial charge in [0.15, 0.2) is 0 Å². The number of rotatable bonds is 7. The quantitative estimate of drug-likeness (QED) is 0.607. The van der Waals surface area contributed by atoms with Crippen molar-refractivity contribution in [1.82, 2.24) is 19.4 Å². The van der Waals surface area contributed by atoms with Crippen molar-refractivity contribution in [3.05, 3.63) is 74.6 Å². The van der Waals surface area contributed by atoms with E-state index in [0.29, 0.717) is 30.5 Å². The molecule has 0 unspecified atom stereocenters. The Bertz CT molecular complexity index is 1010. The van der Waals surface area contributed by atoms with Gasteiger partial charge in [0.25, 0.3) is 5.56 Å². The molecular weight excluding hydrogens is 332 g/mol. The summed E-state index contributed by atoms with van der Waals surface area (Å²) in [6, 6.07) is 11.2. The minimum atomic E-state index is -0.382. The van der Waals surface area contributed by atoms with Crippen molar-refractivity contribution in [2.75, 3.05) is 13.2 Å². The highest BCUT2D eigenvalue weighted by atomic mass is 16.3. The molecule has 0 aliphatic carbocycles. The minimum absolute atomic E-state index is 0.134. The Morgan fingerprint density at radius 3 is 2.65 bits per heavy atom. The van der Waals surface area contributed by atoms with Crippen LogP contribution in [0.4, 0.5) is 0 Å². The van der Waals surface area contributed by atoms with Gasteiger partial charge in [-0.1, -0.05) is 30.3 Å². The first-order valence-electron chi connectivity index (χ1n) is 8.56. The van der Waals surface area contributed by atoms with Crippen LogP contribution >= 0.6 is 0 Å². The molecule has 0 aliphatic heterocycles. The van der Waals surface area contributed by atoms with Crippen LogP contribution in [0, 0.1) is 0 Å². The maximum Gasteiger partial charge on any atom is 0.332 e. The smallest absolute Gasteiger partial charge is 0.332 e. The zero-order valence-electron chi connectivity index (χ0n) is 14.7. The lowest BCUT2D eigenvalue weighted by molar-refractivity contribution is 0.286. The molecule has 1 aromatic carbocycles. The minimum Gasteiger partial charge on any atom is -0.396 e. The Balaban J connectivity index is 2.00. The lowest BCUT2D eigenvalue weighted by Crippen LogP contribution is -2.39. The summed E-state index contributed by atoms with van der Waals surface area (Å²) in [5.74, 6) is 0. The van der Waals surface area contributed by atoms with E-state index >= 15 is 0 Å². The number of aryl methyl sites for hydroxylation is 1. The summed E-state index contributed by atoms with van der Waals surface area (Å²) in [7, 11) is 1.62. The third-order valence-electron chi connectivity index (χ3n) is 4.26. The van der Waals surface area contributed by atoms with Crippen molar-refractivity contribution in [2.24, 2.45) is 7.05 Å². The zero-order chi connectivity index (χ0) is 18.5. The van der Waals surface area contributed by atoms with Gasteiger partial charge in [-0.2, -0.15) is 0 Å². The predicted octanol–water partition coefficient (Wildman–Crippen LogP) is 0.615. The van der Waals surface area contributed by atoms with Gasteiger partial charge >= 0.3 is 5.69 Å². The van der Waals surface area contributed by atoms with Crippen molar-refractivity contribution in [3.63, 3.8) is 0 Å². The molecule has 136 valence electrons. The van der Waals surface area contributed by atoms with E-state index in [1.165, 1.54) is 9.13 Å². The van der Waals surface area contributed by atoms with Gasteiger partial charge in [-0.15, -0.1) is 0 Å². The number of fused-ring (bicyclic) bond motifs is 1. The van der Waals surface area contributed by atoms with Gasteiger partial charge in [-0.25, -0.2) is 9.78 Å². The summed E-state index contributed by atoms with van der Waals surface area (Å²) in [6.07, 6.45) is 2.33. The van der Waals surface area contributed by atoms with Crippen molar-refractivity contribution in [1.29, 1.82) is 0 Å². The van der Waals surface area contributed by atoms with Crippen LogP contribution in [0.25, 0.3) is 11.0 Å². The average Bonchev–Trinajstić information content (AvgIpc) is 2.67. The second-order valence-electron chi connectivity index (χ2n) is 6.19. The van der Waals surface area contributed by atoms with Crippen LogP contribution < -0.4 is 16.6 Å². The molecule has 2 N–H and O–H groups in total. The van der Waals surface area contributed by atoms with E-state index in [-0.39, 0.29) is 24.4 Å². The highest BCUT2D eigenvalue weighted by Gasteiger charge is 2.13. The normalized spacial score (nSPS) is 11.2. The summed E-state index contributed by atoms with van der Waals surface area (Å²) >= 11 is 0. The summed E-state index contributed by atoms with van der Waals surface area (Å²) < 4.78 is 2.64. The second kappa shape index (κ2) is 8.07. The average molecular weight is 354 g/mol. The van der Waals surface area contributed by atoms with Crippen molar-refractivity contribution >= 4 is 11.0 Å². The second-order valence-corrected chi connectivity index (χ2v) is 6.19. The van der Waals surface area contributed by atoms with E-state index in [2.05, 4.69) is 10.3 Å². The summed E-state index contributed by atoms with van der Waals surface area (Å²) in [5.41, 5.74) is 1.41. The Labute approximate surface area is 150 Å². The molecule has 26 heavy (non-hydrogen) atoms. The molecule has 3 rings (SSSR count). The van der Waals surface area contributed by atoms with Gasteiger partial charge < -0.3 is 10.4 Å². The Morgan fingerprint density at radius 2 is 1.92 bits per heavy atom. The van der Waals surface area contributed by atoms with Crippen molar-refractivity contribution in [2.45, 2.75) is 19.5 Å². The van der Waals surface area contributed by atoms with E-state index in [0.717, 1.165) is 11.1 Å². The molecule has 0 aliphatic rings. The molecule has 2 heterocycles. The molecular formula is C19H22N4O3. The standard InChI is InChI=1S/C19H22N4O3/c1-22-17-16(10-15(12-21-17)11-20-8-5-9-24)18(25)23(19(22)26)13-14-6-3-2-4-7-14/h2-4,6-7,10,12,20,24H,5,8-9,11,13H2,1H3. The van der Waals surface area contributed by atoms with Gasteiger partial charge in [0.2, 0.25) is 0 Å². The zero-order valence-corrected chi connectivity index (χ0v) is 14.7. The fourth-order valence-electron chi connectivity index (χ4n) is 2.87. The molecule has 2 aromatic heterocycles. The van der Waals surface area contributed by atoms with Crippen LogP contribution in [0.15, 0.2) is 52.2 Å². The van der Waals surface area contributed by atoms with Crippen LogP contribution in [0.5, 0.6) is 0 Å². The molecule has 0 radical (unpaired) electrons. The number of benzene rings is 1. The first-order valence-corrected chi connectivity index (χ1v) is 8.56. The number of aromatic nitrogens is 3. The lowest BCUT2D eigenvalue weighted by Gasteiger charge is -2.11. The third kappa shape index (κ3) is 3.74. The fraction of sp³-hybridized carbons (Fsp3) is 0.316. The van der Waals surface area contributed by atoms with Crippen molar-refractivity contribution in [3.8, 4) is 0 Å². The van der Waals surface area contributed by atoms with Gasteiger partial charge in [0.1, 0.15) is 5.65 Å². The van der Waals surface area contributed by atoms with Gasteiger partial charge in [-0.3, -0.25) is 13.9 Å². The molecule has 7 nitrogen and oxygen atoms in total. The molecule has 7 heteroatoms. The maximum absolute atomic E-state index is 12.9. The van der Waals surface area contributed by atoms with E-state index in [1.807, 2.05) is 30.3 Å². The monoisotopic (exact) mass is 354 g/mol. The Hall–Kier alpha value is -2.77. The first-order chi connectivity index (χ1) is 12.6. The van der Waals surface area contributed by atoms with Crippen LogP contribution in [0.3, 0.4) is 0 Å². The molecule has 0 fully saturated rings. The molecule has 0 saturated carbocycles. The maximum atomic E-state index is 12.9. The number of aliphatic hydroxyl groups is 1. The lowest BCUT2D eigenvalue weighted by atomic mass is 10.2. The van der Waals surface area contributed by atoms with Gasteiger partial charge in [0, 0.05) is 26.4 Å². The SMILES string of the molecule is Cn1c(=O)n(Cc2ccccc2)c(=O)c2cc(CNCCCO)cnc21. The molecule has 3 aromatic rings. The number of aliphatic hydroxyl groups excluding tert-OH is 1. The van der Waals surface area contributed by atoms with Gasteiger partial charge in [-0.05, 0) is 30.2 Å². The molecule has 0 spiro atoms. The number of nitrogens with one attached hydrogen (secondary N) is 1. The van der Waals surface area contributed by atoms with Gasteiger partial charge in [0.05, 0.1) is 11.9 Å². The number of nitrogens with zero attached hydrogens (tertiary/aromatic N) is 3. The number of pyridine rings is 1. The van der Waals surface area contributed by atoms with E-state index in [1.54, 1.807) is 19.3 Å². The Kier molecular flexibility index (Phi) is 5.60. The molecule has 0 bridgehead atoms. The van der Waals surface area contributed by atoms with E-state index < -0.39 is 0 Å². The molecule has 0 amide bonds. The summed E-state index contributed by atoms with van der Waals surface area (Å²) in [5, 5.41) is 12.4. The highest BCUT2D eigenvalue weighted by Crippen LogP contribution is 2.08. The fourth-order valence-corrected chi connectivity index (χ4v) is 2.87. The van der Waals surface area contributed by atoms with Crippen molar-refractivity contribution < 1.29 is 5.11 Å². The van der Waals surface area contributed by atoms with E-state index in [9.17, 15) is 9.59 Å². The van der Waals surface area contributed by atoms with Crippen LogP contribution in [-0.4, -0.2) is 32.4 Å². The van der Waals surface area contributed by atoms with E-state index in [4.69, 9.17) is 5.11 Å². The third-order valence-corrected chi connectivity index (χ3v) is 4.26. The highest BCUT2D eigenvalue weighted by molar-refractivity contribution is 5.74. The molecule has 0 saturated heterocycles. The van der Waals surface area contributed by atoms with Crippen LogP contribution in [0.1, 0.15) is 17.5 Å². The first kappa shape index (κ1) is 18.0. The molecule has 0 atom stereocenters. The van der Waals surface area contributed by atoms with Crippen LogP contribution in [0.2, 0.25) is 0 Å². The number of hydrogen-bond donors (Lipinski definition) is 2. The number of hydrogen-bond acceptors (Lipinski definition) is 5. The Morgan fingerprint density at radius 1 is 1.15 bits per heavy atom. The predicted molar refractivity (Wildman–Crippen MR) is 100 cm³/mol. The summed E-state index contributed by atoms with van der Waals surface area (Å²) in [6.45, 7) is 1.58.